The smallest absolute Gasteiger partial charge is 0.407 e. The van der Waals surface area contributed by atoms with Crippen LogP contribution >= 0.6 is 0 Å². The van der Waals surface area contributed by atoms with Crippen molar-refractivity contribution < 1.29 is 24.2 Å². The molecular formula is C22H26N2O5. The lowest BCUT2D eigenvalue weighted by molar-refractivity contribution is -0.139. The minimum atomic E-state index is -1.19. The van der Waals surface area contributed by atoms with Gasteiger partial charge in [0.05, 0.1) is 0 Å². The molecule has 1 amide bonds. The van der Waals surface area contributed by atoms with Crippen molar-refractivity contribution in [1.29, 1.82) is 0 Å². The molecule has 0 aromatic heterocycles. The van der Waals surface area contributed by atoms with E-state index in [1.165, 1.54) is 14.0 Å². The molecule has 4 N–H and O–H groups in total. The number of amides is 1. The molecule has 0 aliphatic heterocycles. The SMILES string of the molecule is CC(=O)CCC(NC(=O)OCC1c2ccccc2-c2ccccc21)C(=O)O.CN. The number of Topliss-reactive ketones (excluding diaryl/α,β-unsaturated/α-hetero) is 1. The number of fused-ring (bicyclic) bond motifs is 3. The fraction of sp³-hybridized carbons (Fsp3) is 0.318. The zero-order valence-corrected chi connectivity index (χ0v) is 16.6. The number of benzene rings is 2. The maximum atomic E-state index is 12.1. The number of nitrogens with one attached hydrogen (secondary N) is 1. The Morgan fingerprint density at radius 2 is 1.55 bits per heavy atom. The Bertz CT molecular complexity index is 836. The van der Waals surface area contributed by atoms with E-state index in [4.69, 9.17) is 4.74 Å². The van der Waals surface area contributed by atoms with Crippen LogP contribution in [0.25, 0.3) is 11.1 Å². The first-order chi connectivity index (χ1) is 14.0. The Hall–Kier alpha value is -3.19. The summed E-state index contributed by atoms with van der Waals surface area (Å²) in [6.07, 6.45) is -0.678. The van der Waals surface area contributed by atoms with E-state index in [2.05, 4.69) is 11.1 Å². The Balaban J connectivity index is 0.00000145. The summed E-state index contributed by atoms with van der Waals surface area (Å²) in [6, 6.07) is 14.8. The fourth-order valence-electron chi connectivity index (χ4n) is 3.39. The predicted molar refractivity (Wildman–Crippen MR) is 110 cm³/mol. The van der Waals surface area contributed by atoms with Crippen LogP contribution in [0.5, 0.6) is 0 Å². The molecule has 2 aromatic rings. The molecule has 7 nitrogen and oxygen atoms in total. The average molecular weight is 398 g/mol. The molecule has 154 valence electrons. The van der Waals surface area contributed by atoms with Gasteiger partial charge in [0, 0.05) is 12.3 Å². The molecule has 29 heavy (non-hydrogen) atoms. The summed E-state index contributed by atoms with van der Waals surface area (Å²) in [5, 5.41) is 11.5. The van der Waals surface area contributed by atoms with Crippen LogP contribution in [0.3, 0.4) is 0 Å². The van der Waals surface area contributed by atoms with Crippen LogP contribution < -0.4 is 11.1 Å². The van der Waals surface area contributed by atoms with Gasteiger partial charge in [0.25, 0.3) is 0 Å². The highest BCUT2D eigenvalue weighted by Gasteiger charge is 2.29. The van der Waals surface area contributed by atoms with E-state index in [1.807, 2.05) is 48.5 Å². The van der Waals surface area contributed by atoms with Gasteiger partial charge in [-0.05, 0) is 42.6 Å². The minimum absolute atomic E-state index is 0.0366. The summed E-state index contributed by atoms with van der Waals surface area (Å²) >= 11 is 0. The Labute approximate surface area is 169 Å². The number of carboxylic acid groups (broad SMARTS) is 1. The van der Waals surface area contributed by atoms with Gasteiger partial charge in [-0.25, -0.2) is 9.59 Å². The van der Waals surface area contributed by atoms with E-state index in [0.29, 0.717) is 0 Å². The van der Waals surface area contributed by atoms with Crippen LogP contribution in [-0.4, -0.2) is 42.6 Å². The molecule has 1 aliphatic rings. The van der Waals surface area contributed by atoms with Gasteiger partial charge in [-0.2, -0.15) is 0 Å². The molecule has 0 fully saturated rings. The largest absolute Gasteiger partial charge is 0.480 e. The number of alkyl carbamates (subject to hydrolysis) is 1. The lowest BCUT2D eigenvalue weighted by Gasteiger charge is -2.17. The highest BCUT2D eigenvalue weighted by Crippen LogP contribution is 2.44. The second-order valence-electron chi connectivity index (χ2n) is 6.60. The Morgan fingerprint density at radius 3 is 2.03 bits per heavy atom. The summed E-state index contributed by atoms with van der Waals surface area (Å²) in [6.45, 7) is 1.49. The topological polar surface area (TPSA) is 119 Å². The average Bonchev–Trinajstić information content (AvgIpc) is 3.04. The van der Waals surface area contributed by atoms with Crippen molar-refractivity contribution in [3.8, 4) is 11.1 Å². The third-order valence-electron chi connectivity index (χ3n) is 4.72. The molecule has 7 heteroatoms. The number of hydrogen-bond donors (Lipinski definition) is 3. The Morgan fingerprint density at radius 1 is 1.03 bits per heavy atom. The predicted octanol–water partition coefficient (Wildman–Crippen LogP) is 2.92. The summed E-state index contributed by atoms with van der Waals surface area (Å²) in [4.78, 5) is 34.4. The number of carboxylic acids is 1. The second-order valence-corrected chi connectivity index (χ2v) is 6.60. The van der Waals surface area contributed by atoms with Gasteiger partial charge in [-0.15, -0.1) is 0 Å². The first kappa shape index (κ1) is 22.1. The molecule has 0 heterocycles. The van der Waals surface area contributed by atoms with Crippen LogP contribution in [0.4, 0.5) is 4.79 Å². The maximum Gasteiger partial charge on any atom is 0.407 e. The van der Waals surface area contributed by atoms with Crippen molar-refractivity contribution in [3.05, 3.63) is 59.7 Å². The number of aliphatic carboxylic acids is 1. The number of carbonyl (C=O) groups excluding carboxylic acids is 2. The second kappa shape index (κ2) is 10.4. The number of nitrogens with two attached hydrogens (primary N) is 1. The quantitative estimate of drug-likeness (QED) is 0.660. The van der Waals surface area contributed by atoms with Crippen molar-refractivity contribution in [1.82, 2.24) is 5.32 Å². The fourth-order valence-corrected chi connectivity index (χ4v) is 3.39. The molecule has 0 radical (unpaired) electrons. The van der Waals surface area contributed by atoms with E-state index < -0.39 is 18.1 Å². The highest BCUT2D eigenvalue weighted by molar-refractivity contribution is 5.82. The van der Waals surface area contributed by atoms with E-state index in [1.54, 1.807) is 0 Å². The Kier molecular flexibility index (Phi) is 7.91. The number of rotatable bonds is 7. The lowest BCUT2D eigenvalue weighted by Crippen LogP contribution is -2.41. The maximum absolute atomic E-state index is 12.1. The molecule has 0 saturated heterocycles. The van der Waals surface area contributed by atoms with Crippen LogP contribution in [0.2, 0.25) is 0 Å². The zero-order chi connectivity index (χ0) is 21.4. The summed E-state index contributed by atoms with van der Waals surface area (Å²) < 4.78 is 5.33. The van der Waals surface area contributed by atoms with Crippen molar-refractivity contribution in [2.45, 2.75) is 31.7 Å². The molecular weight excluding hydrogens is 372 g/mol. The van der Waals surface area contributed by atoms with Gasteiger partial charge in [0.15, 0.2) is 0 Å². The molecule has 1 atom stereocenters. The van der Waals surface area contributed by atoms with Crippen molar-refractivity contribution in [2.75, 3.05) is 13.7 Å². The van der Waals surface area contributed by atoms with Gasteiger partial charge < -0.3 is 25.7 Å². The van der Waals surface area contributed by atoms with E-state index >= 15 is 0 Å². The lowest BCUT2D eigenvalue weighted by atomic mass is 9.98. The molecule has 3 rings (SSSR count). The molecule has 2 aromatic carbocycles. The van der Waals surface area contributed by atoms with Crippen molar-refractivity contribution >= 4 is 17.8 Å². The minimum Gasteiger partial charge on any atom is -0.480 e. The van der Waals surface area contributed by atoms with Gasteiger partial charge in [0.1, 0.15) is 18.4 Å². The molecule has 1 unspecified atom stereocenters. The molecule has 0 bridgehead atoms. The normalized spacial score (nSPS) is 12.7. The zero-order valence-electron chi connectivity index (χ0n) is 16.6. The molecule has 1 aliphatic carbocycles. The molecule has 0 spiro atoms. The summed E-state index contributed by atoms with van der Waals surface area (Å²) in [5.74, 6) is -1.41. The number of hydrogen-bond acceptors (Lipinski definition) is 5. The molecule has 0 saturated carbocycles. The van der Waals surface area contributed by atoms with Crippen LogP contribution in [-0.2, 0) is 14.3 Å². The van der Waals surface area contributed by atoms with Crippen molar-refractivity contribution in [2.24, 2.45) is 5.73 Å². The van der Waals surface area contributed by atoms with Gasteiger partial charge in [-0.1, -0.05) is 48.5 Å². The number of ether oxygens (including phenoxy) is 1. The third-order valence-corrected chi connectivity index (χ3v) is 4.72. The van der Waals surface area contributed by atoms with Crippen LogP contribution in [0, 0.1) is 0 Å². The van der Waals surface area contributed by atoms with Gasteiger partial charge >= 0.3 is 12.1 Å². The summed E-state index contributed by atoms with van der Waals surface area (Å²) in [5.41, 5.74) is 8.90. The van der Waals surface area contributed by atoms with Gasteiger partial charge in [0.2, 0.25) is 0 Å². The van der Waals surface area contributed by atoms with E-state index in [-0.39, 0.29) is 31.1 Å². The van der Waals surface area contributed by atoms with E-state index in [0.717, 1.165) is 22.3 Å². The van der Waals surface area contributed by atoms with Crippen molar-refractivity contribution in [3.63, 3.8) is 0 Å². The summed E-state index contributed by atoms with van der Waals surface area (Å²) in [7, 11) is 1.50. The van der Waals surface area contributed by atoms with Crippen LogP contribution in [0.15, 0.2) is 48.5 Å². The monoisotopic (exact) mass is 398 g/mol. The van der Waals surface area contributed by atoms with Gasteiger partial charge in [-0.3, -0.25) is 0 Å². The first-order valence-electron chi connectivity index (χ1n) is 9.39. The highest BCUT2D eigenvalue weighted by atomic mass is 16.5. The first-order valence-corrected chi connectivity index (χ1v) is 9.39. The van der Waals surface area contributed by atoms with Crippen LogP contribution in [0.1, 0.15) is 36.8 Å². The number of carbonyl (C=O) groups is 3. The third kappa shape index (κ3) is 5.42. The van der Waals surface area contributed by atoms with E-state index in [9.17, 15) is 19.5 Å². The standard InChI is InChI=1S/C21H21NO5.CH5N/c1-13(23)10-11-19(20(24)25)22-21(26)27-12-18-16-8-4-2-6-14(16)15-7-3-5-9-17(15)18;1-2/h2-9,18-19H,10-12H2,1H3,(H,22,26)(H,24,25);2H2,1H3. The number of ketones is 1.